The van der Waals surface area contributed by atoms with Gasteiger partial charge < -0.3 is 5.32 Å². The molecule has 2 nitrogen and oxygen atoms in total. The molecule has 2 aromatic carbocycles. The molecule has 0 amide bonds. The SMILES string of the molecule is O=C(CCCNC1CCC(c2ccc(F)cc2)CC1)c1ccc(F)cc1. The quantitative estimate of drug-likeness (QED) is 0.542. The minimum Gasteiger partial charge on any atom is -0.314 e. The highest BCUT2D eigenvalue weighted by Crippen LogP contribution is 2.32. The lowest BCUT2D eigenvalue weighted by molar-refractivity contribution is 0.0979. The second-order valence-corrected chi connectivity index (χ2v) is 7.09. The molecule has 0 atom stereocenters. The van der Waals surface area contributed by atoms with Crippen LogP contribution in [0.4, 0.5) is 8.78 Å². The molecule has 3 rings (SSSR count). The minimum atomic E-state index is -0.320. The number of rotatable bonds is 7. The Morgan fingerprint density at radius 3 is 2.08 bits per heavy atom. The molecule has 138 valence electrons. The first-order valence-corrected chi connectivity index (χ1v) is 9.39. The van der Waals surface area contributed by atoms with Crippen LogP contribution in [0.2, 0.25) is 0 Å². The summed E-state index contributed by atoms with van der Waals surface area (Å²) in [7, 11) is 0. The van der Waals surface area contributed by atoms with E-state index >= 15 is 0 Å². The van der Waals surface area contributed by atoms with Gasteiger partial charge in [-0.25, -0.2) is 8.78 Å². The maximum absolute atomic E-state index is 13.0. The van der Waals surface area contributed by atoms with Crippen molar-refractivity contribution in [3.8, 4) is 0 Å². The first-order valence-electron chi connectivity index (χ1n) is 9.39. The molecule has 1 aliphatic carbocycles. The molecule has 1 aliphatic rings. The molecule has 4 heteroatoms. The van der Waals surface area contributed by atoms with Crippen LogP contribution in [0, 0.1) is 11.6 Å². The third-order valence-corrected chi connectivity index (χ3v) is 5.25. The van der Waals surface area contributed by atoms with E-state index in [1.165, 1.54) is 29.8 Å². The van der Waals surface area contributed by atoms with Gasteiger partial charge in [-0.2, -0.15) is 0 Å². The summed E-state index contributed by atoms with van der Waals surface area (Å²) in [5.74, 6) is 0.0827. The molecule has 26 heavy (non-hydrogen) atoms. The van der Waals surface area contributed by atoms with Crippen LogP contribution in [0.5, 0.6) is 0 Å². The highest BCUT2D eigenvalue weighted by molar-refractivity contribution is 5.95. The Morgan fingerprint density at radius 2 is 1.46 bits per heavy atom. The van der Waals surface area contributed by atoms with E-state index in [0.29, 0.717) is 23.9 Å². The number of carbonyl (C=O) groups is 1. The van der Waals surface area contributed by atoms with Gasteiger partial charge in [-0.05, 0) is 86.5 Å². The van der Waals surface area contributed by atoms with Gasteiger partial charge in [-0.15, -0.1) is 0 Å². The van der Waals surface area contributed by atoms with Crippen molar-refractivity contribution in [3.63, 3.8) is 0 Å². The van der Waals surface area contributed by atoms with Gasteiger partial charge in [0.2, 0.25) is 0 Å². The highest BCUT2D eigenvalue weighted by Gasteiger charge is 2.21. The van der Waals surface area contributed by atoms with Crippen LogP contribution in [0.1, 0.15) is 60.4 Å². The van der Waals surface area contributed by atoms with Gasteiger partial charge in [0.1, 0.15) is 11.6 Å². The van der Waals surface area contributed by atoms with Gasteiger partial charge in [-0.1, -0.05) is 12.1 Å². The molecule has 0 heterocycles. The van der Waals surface area contributed by atoms with Gasteiger partial charge >= 0.3 is 0 Å². The maximum atomic E-state index is 13.0. The monoisotopic (exact) mass is 357 g/mol. The van der Waals surface area contributed by atoms with E-state index in [9.17, 15) is 13.6 Å². The second-order valence-electron chi connectivity index (χ2n) is 7.09. The molecule has 0 spiro atoms. The topological polar surface area (TPSA) is 29.1 Å². The number of Topliss-reactive ketones (excluding diaryl/α,β-unsaturated/α-hetero) is 1. The number of carbonyl (C=O) groups excluding carboxylic acids is 1. The van der Waals surface area contributed by atoms with E-state index < -0.39 is 0 Å². The number of hydrogen-bond acceptors (Lipinski definition) is 2. The molecular formula is C22H25F2NO. The average molecular weight is 357 g/mol. The summed E-state index contributed by atoms with van der Waals surface area (Å²) in [6.07, 6.45) is 5.69. The largest absolute Gasteiger partial charge is 0.314 e. The van der Waals surface area contributed by atoms with Crippen molar-refractivity contribution in [2.45, 2.75) is 50.5 Å². The van der Waals surface area contributed by atoms with Gasteiger partial charge in [0, 0.05) is 18.0 Å². The zero-order valence-electron chi connectivity index (χ0n) is 14.9. The Morgan fingerprint density at radius 1 is 0.885 bits per heavy atom. The molecule has 0 aliphatic heterocycles. The number of benzene rings is 2. The van der Waals surface area contributed by atoms with Gasteiger partial charge in [0.05, 0.1) is 0 Å². The Hall–Kier alpha value is -2.07. The summed E-state index contributed by atoms with van der Waals surface area (Å²) in [6, 6.07) is 13.1. The molecule has 1 saturated carbocycles. The fourth-order valence-electron chi connectivity index (χ4n) is 3.70. The Labute approximate surface area is 153 Å². The third-order valence-electron chi connectivity index (χ3n) is 5.25. The van der Waals surface area contributed by atoms with E-state index in [1.807, 2.05) is 12.1 Å². The van der Waals surface area contributed by atoms with Crippen LogP contribution in [-0.4, -0.2) is 18.4 Å². The van der Waals surface area contributed by atoms with Crippen LogP contribution in [-0.2, 0) is 0 Å². The summed E-state index contributed by atoms with van der Waals surface area (Å²) in [5, 5.41) is 3.55. The van der Waals surface area contributed by atoms with Gasteiger partial charge in [0.15, 0.2) is 5.78 Å². The van der Waals surface area contributed by atoms with Gasteiger partial charge in [0.25, 0.3) is 0 Å². The normalized spacial score (nSPS) is 20.1. The highest BCUT2D eigenvalue weighted by atomic mass is 19.1. The van der Waals surface area contributed by atoms with E-state index in [1.54, 1.807) is 12.1 Å². The lowest BCUT2D eigenvalue weighted by Crippen LogP contribution is -2.33. The summed E-state index contributed by atoms with van der Waals surface area (Å²) in [5.41, 5.74) is 1.81. The first kappa shape index (κ1) is 18.7. The Kier molecular flexibility index (Phi) is 6.51. The van der Waals surface area contributed by atoms with Crippen molar-refractivity contribution in [3.05, 3.63) is 71.3 Å². The van der Waals surface area contributed by atoms with Gasteiger partial charge in [-0.3, -0.25) is 4.79 Å². The molecule has 2 aromatic rings. The van der Waals surface area contributed by atoms with Crippen LogP contribution in [0.15, 0.2) is 48.5 Å². The molecule has 0 saturated heterocycles. The van der Waals surface area contributed by atoms with Crippen molar-refractivity contribution in [1.82, 2.24) is 5.32 Å². The van der Waals surface area contributed by atoms with Crippen LogP contribution in [0.3, 0.4) is 0 Å². The average Bonchev–Trinajstić information content (AvgIpc) is 2.67. The molecule has 0 unspecified atom stereocenters. The van der Waals surface area contributed by atoms with Crippen LogP contribution < -0.4 is 5.32 Å². The molecular weight excluding hydrogens is 332 g/mol. The summed E-state index contributed by atoms with van der Waals surface area (Å²) < 4.78 is 25.9. The Balaban J connectivity index is 1.34. The van der Waals surface area contributed by atoms with Crippen molar-refractivity contribution in [1.29, 1.82) is 0 Å². The first-order chi connectivity index (χ1) is 12.6. The fraction of sp³-hybridized carbons (Fsp3) is 0.409. The lowest BCUT2D eigenvalue weighted by Gasteiger charge is -2.29. The smallest absolute Gasteiger partial charge is 0.162 e. The predicted molar refractivity (Wildman–Crippen MR) is 99.4 cm³/mol. The molecule has 1 N–H and O–H groups in total. The zero-order valence-corrected chi connectivity index (χ0v) is 14.9. The summed E-state index contributed by atoms with van der Waals surface area (Å²) in [6.45, 7) is 0.818. The summed E-state index contributed by atoms with van der Waals surface area (Å²) >= 11 is 0. The van der Waals surface area contributed by atoms with E-state index in [2.05, 4.69) is 5.32 Å². The fourth-order valence-corrected chi connectivity index (χ4v) is 3.70. The van der Waals surface area contributed by atoms with Crippen molar-refractivity contribution < 1.29 is 13.6 Å². The summed E-state index contributed by atoms with van der Waals surface area (Å²) in [4.78, 5) is 12.1. The predicted octanol–water partition coefficient (Wildman–Crippen LogP) is 5.24. The standard InChI is InChI=1S/C22H25F2NO/c23-19-9-3-16(4-10-19)17-7-13-21(14-8-17)25-15-1-2-22(26)18-5-11-20(24)12-6-18/h3-6,9-12,17,21,25H,1-2,7-8,13-15H2. The second kappa shape index (κ2) is 9.04. The number of ketones is 1. The number of halogens is 2. The van der Waals surface area contributed by atoms with Crippen molar-refractivity contribution in [2.24, 2.45) is 0 Å². The molecule has 0 radical (unpaired) electrons. The maximum Gasteiger partial charge on any atom is 0.162 e. The Bertz CT molecular complexity index is 704. The van der Waals surface area contributed by atoms with Crippen molar-refractivity contribution >= 4 is 5.78 Å². The number of hydrogen-bond donors (Lipinski definition) is 1. The zero-order chi connectivity index (χ0) is 18.4. The minimum absolute atomic E-state index is 0.0619. The van der Waals surface area contributed by atoms with E-state index in [-0.39, 0.29) is 17.4 Å². The van der Waals surface area contributed by atoms with Crippen LogP contribution in [0.25, 0.3) is 0 Å². The van der Waals surface area contributed by atoms with E-state index in [4.69, 9.17) is 0 Å². The van der Waals surface area contributed by atoms with Crippen molar-refractivity contribution in [2.75, 3.05) is 6.54 Å². The molecule has 1 fully saturated rings. The number of nitrogens with one attached hydrogen (secondary N) is 1. The third kappa shape index (κ3) is 5.21. The van der Waals surface area contributed by atoms with E-state index in [0.717, 1.165) is 38.6 Å². The molecule has 0 bridgehead atoms. The lowest BCUT2D eigenvalue weighted by atomic mass is 9.82. The molecule has 0 aromatic heterocycles. The van der Waals surface area contributed by atoms with Crippen LogP contribution >= 0.6 is 0 Å².